The number of nitrogens with zero attached hydrogens (tertiary/aromatic N) is 5. The molecule has 0 N–H and O–H groups in total. The van der Waals surface area contributed by atoms with Crippen LogP contribution in [0.25, 0.3) is 5.69 Å². The number of hydrogen-bond donors (Lipinski definition) is 0. The molecule has 3 aromatic rings. The number of likely N-dealkylation sites (tertiary alicyclic amines) is 1. The Bertz CT molecular complexity index is 1150. The van der Waals surface area contributed by atoms with Crippen molar-refractivity contribution in [3.05, 3.63) is 58.9 Å². The number of ether oxygens (including phenoxy) is 1. The molecule has 1 unspecified atom stereocenters. The molecule has 1 fully saturated rings. The molecule has 9 heteroatoms. The van der Waals surface area contributed by atoms with Gasteiger partial charge in [0.1, 0.15) is 5.82 Å². The zero-order valence-corrected chi connectivity index (χ0v) is 21.8. The van der Waals surface area contributed by atoms with E-state index in [-0.39, 0.29) is 23.4 Å². The van der Waals surface area contributed by atoms with Gasteiger partial charge in [-0.2, -0.15) is 0 Å². The van der Waals surface area contributed by atoms with Crippen LogP contribution in [0.4, 0.5) is 4.39 Å². The molecule has 188 valence electrons. The SMILES string of the molecule is COCC(C)n1c(C)cc(C(=O)CSc2nnc(CN3CCCCC3)n2-c2ccc(F)cc2)c1C. The number of methoxy groups -OCH3 is 1. The Balaban J connectivity index is 1.55. The maximum absolute atomic E-state index is 13.6. The summed E-state index contributed by atoms with van der Waals surface area (Å²) in [6, 6.07) is 8.44. The fourth-order valence-electron chi connectivity index (χ4n) is 4.92. The average molecular weight is 500 g/mol. The Morgan fingerprint density at radius 1 is 1.14 bits per heavy atom. The number of aryl methyl sites for hydroxylation is 1. The van der Waals surface area contributed by atoms with E-state index in [0.29, 0.717) is 18.3 Å². The highest BCUT2D eigenvalue weighted by molar-refractivity contribution is 7.99. The number of rotatable bonds is 10. The van der Waals surface area contributed by atoms with E-state index in [1.807, 2.05) is 24.5 Å². The molecule has 4 rings (SSSR count). The van der Waals surface area contributed by atoms with Crippen molar-refractivity contribution in [1.82, 2.24) is 24.2 Å². The summed E-state index contributed by atoms with van der Waals surface area (Å²) in [5.41, 5.74) is 3.51. The van der Waals surface area contributed by atoms with Gasteiger partial charge in [0.15, 0.2) is 16.8 Å². The standard InChI is InChI=1S/C26H34FN5O2S/c1-18-14-23(20(3)31(18)19(2)16-34-4)24(33)17-35-26-29-28-25(15-30-12-6-5-7-13-30)32(26)22-10-8-21(27)9-11-22/h8-11,14,19H,5-7,12-13,15-17H2,1-4H3. The molecule has 7 nitrogen and oxygen atoms in total. The van der Waals surface area contributed by atoms with Gasteiger partial charge < -0.3 is 9.30 Å². The maximum atomic E-state index is 13.6. The van der Waals surface area contributed by atoms with Crippen molar-refractivity contribution in [2.24, 2.45) is 0 Å². The van der Waals surface area contributed by atoms with E-state index in [9.17, 15) is 9.18 Å². The first kappa shape index (κ1) is 25.6. The smallest absolute Gasteiger partial charge is 0.196 e. The van der Waals surface area contributed by atoms with E-state index in [1.165, 1.54) is 43.2 Å². The van der Waals surface area contributed by atoms with Gasteiger partial charge in [0.25, 0.3) is 0 Å². The zero-order chi connectivity index (χ0) is 24.9. The van der Waals surface area contributed by atoms with Crippen molar-refractivity contribution in [2.45, 2.75) is 57.8 Å². The summed E-state index contributed by atoms with van der Waals surface area (Å²) in [4.78, 5) is 15.6. The van der Waals surface area contributed by atoms with E-state index in [2.05, 4.69) is 26.6 Å². The second kappa shape index (κ2) is 11.5. The molecule has 0 spiro atoms. The van der Waals surface area contributed by atoms with E-state index in [4.69, 9.17) is 4.74 Å². The van der Waals surface area contributed by atoms with E-state index < -0.39 is 0 Å². The second-order valence-corrected chi connectivity index (χ2v) is 10.2. The molecule has 0 bridgehead atoms. The number of piperidine rings is 1. The van der Waals surface area contributed by atoms with Crippen molar-refractivity contribution in [2.75, 3.05) is 32.6 Å². The third-order valence-corrected chi connectivity index (χ3v) is 7.49. The van der Waals surface area contributed by atoms with Crippen molar-refractivity contribution in [1.29, 1.82) is 0 Å². The lowest BCUT2D eigenvalue weighted by Crippen LogP contribution is -2.30. The Hall–Kier alpha value is -2.49. The molecule has 2 aromatic heterocycles. The molecule has 0 aliphatic carbocycles. The van der Waals surface area contributed by atoms with Gasteiger partial charge in [-0.3, -0.25) is 14.3 Å². The van der Waals surface area contributed by atoms with Crippen molar-refractivity contribution < 1.29 is 13.9 Å². The van der Waals surface area contributed by atoms with Crippen LogP contribution < -0.4 is 0 Å². The summed E-state index contributed by atoms with van der Waals surface area (Å²) in [5, 5.41) is 9.53. The van der Waals surface area contributed by atoms with Gasteiger partial charge in [-0.05, 0) is 77.0 Å². The molecule has 1 aromatic carbocycles. The van der Waals surface area contributed by atoms with Gasteiger partial charge in [-0.15, -0.1) is 10.2 Å². The van der Waals surface area contributed by atoms with Crippen LogP contribution in [0.1, 0.15) is 59.8 Å². The molecule has 1 aliphatic rings. The van der Waals surface area contributed by atoms with Crippen molar-refractivity contribution in [3.8, 4) is 5.69 Å². The van der Waals surface area contributed by atoms with Crippen LogP contribution in [0.5, 0.6) is 0 Å². The minimum Gasteiger partial charge on any atom is -0.383 e. The molecular weight excluding hydrogens is 465 g/mol. The van der Waals surface area contributed by atoms with E-state index >= 15 is 0 Å². The van der Waals surface area contributed by atoms with Crippen LogP contribution >= 0.6 is 11.8 Å². The lowest BCUT2D eigenvalue weighted by molar-refractivity contribution is 0.102. The Labute approximate surface area is 210 Å². The molecule has 1 atom stereocenters. The highest BCUT2D eigenvalue weighted by Gasteiger charge is 2.22. The summed E-state index contributed by atoms with van der Waals surface area (Å²) in [6.45, 7) is 9.41. The summed E-state index contributed by atoms with van der Waals surface area (Å²) in [5.74, 6) is 0.804. The van der Waals surface area contributed by atoms with Crippen LogP contribution in [0, 0.1) is 19.7 Å². The van der Waals surface area contributed by atoms with Crippen LogP contribution in [-0.4, -0.2) is 62.6 Å². The quantitative estimate of drug-likeness (QED) is 0.289. The third-order valence-electron chi connectivity index (χ3n) is 6.56. The minimum absolute atomic E-state index is 0.0465. The van der Waals surface area contributed by atoms with Crippen molar-refractivity contribution >= 4 is 17.5 Å². The van der Waals surface area contributed by atoms with Crippen molar-refractivity contribution in [3.63, 3.8) is 0 Å². The number of carbonyl (C=O) groups is 1. The lowest BCUT2D eigenvalue weighted by Gasteiger charge is -2.26. The topological polar surface area (TPSA) is 65.2 Å². The largest absolute Gasteiger partial charge is 0.383 e. The normalized spacial score (nSPS) is 15.5. The van der Waals surface area contributed by atoms with Crippen LogP contribution in [-0.2, 0) is 11.3 Å². The van der Waals surface area contributed by atoms with E-state index in [1.54, 1.807) is 19.2 Å². The van der Waals surface area contributed by atoms with Gasteiger partial charge >= 0.3 is 0 Å². The van der Waals surface area contributed by atoms with Gasteiger partial charge in [0, 0.05) is 29.7 Å². The zero-order valence-electron chi connectivity index (χ0n) is 21.0. The minimum atomic E-state index is -0.290. The summed E-state index contributed by atoms with van der Waals surface area (Å²) in [6.07, 6.45) is 3.62. The summed E-state index contributed by atoms with van der Waals surface area (Å²) < 4.78 is 23.0. The van der Waals surface area contributed by atoms with Gasteiger partial charge in [-0.1, -0.05) is 18.2 Å². The number of ketones is 1. The first-order chi connectivity index (χ1) is 16.9. The van der Waals surface area contributed by atoms with Gasteiger partial charge in [0.05, 0.1) is 24.9 Å². The highest BCUT2D eigenvalue weighted by Crippen LogP contribution is 2.27. The Kier molecular flexibility index (Phi) is 8.41. The molecule has 0 saturated carbocycles. The number of thioether (sulfide) groups is 1. The number of Topliss-reactive ketones (excluding diaryl/α,β-unsaturated/α-hetero) is 1. The van der Waals surface area contributed by atoms with Crippen LogP contribution in [0.3, 0.4) is 0 Å². The number of halogens is 1. The second-order valence-electron chi connectivity index (χ2n) is 9.22. The predicted molar refractivity (Wildman–Crippen MR) is 136 cm³/mol. The first-order valence-electron chi connectivity index (χ1n) is 12.1. The fourth-order valence-corrected chi connectivity index (χ4v) is 5.78. The van der Waals surface area contributed by atoms with Crippen LogP contribution in [0.2, 0.25) is 0 Å². The molecule has 0 radical (unpaired) electrons. The Morgan fingerprint density at radius 3 is 2.54 bits per heavy atom. The molecule has 35 heavy (non-hydrogen) atoms. The maximum Gasteiger partial charge on any atom is 0.196 e. The molecule has 1 aliphatic heterocycles. The molecule has 0 amide bonds. The first-order valence-corrected chi connectivity index (χ1v) is 13.1. The molecule has 1 saturated heterocycles. The molecule has 3 heterocycles. The number of aromatic nitrogens is 4. The fraction of sp³-hybridized carbons (Fsp3) is 0.500. The highest BCUT2D eigenvalue weighted by atomic mass is 32.2. The Morgan fingerprint density at radius 2 is 1.86 bits per heavy atom. The monoisotopic (exact) mass is 499 g/mol. The number of hydrogen-bond acceptors (Lipinski definition) is 6. The third kappa shape index (κ3) is 5.85. The number of benzene rings is 1. The predicted octanol–water partition coefficient (Wildman–Crippen LogP) is 4.99. The van der Waals surface area contributed by atoms with Crippen LogP contribution in [0.15, 0.2) is 35.5 Å². The van der Waals surface area contributed by atoms with E-state index in [0.717, 1.165) is 41.6 Å². The summed E-state index contributed by atoms with van der Waals surface area (Å²) in [7, 11) is 1.68. The number of carbonyl (C=O) groups excluding carboxylic acids is 1. The van der Waals surface area contributed by atoms with Gasteiger partial charge in [0.2, 0.25) is 0 Å². The summed E-state index contributed by atoms with van der Waals surface area (Å²) >= 11 is 1.37. The lowest BCUT2D eigenvalue weighted by atomic mass is 10.1. The van der Waals surface area contributed by atoms with Gasteiger partial charge in [-0.25, -0.2) is 4.39 Å². The average Bonchev–Trinajstić information content (AvgIpc) is 3.38. The molecular formula is C26H34FN5O2S.